The van der Waals surface area contributed by atoms with Crippen LogP contribution in [0.3, 0.4) is 0 Å². The second-order valence-electron chi connectivity index (χ2n) is 7.28. The first-order chi connectivity index (χ1) is 12.6. The quantitative estimate of drug-likeness (QED) is 0.712. The lowest BCUT2D eigenvalue weighted by Gasteiger charge is -2.38. The van der Waals surface area contributed by atoms with E-state index in [1.807, 2.05) is 0 Å². The summed E-state index contributed by atoms with van der Waals surface area (Å²) in [5, 5.41) is 10.0. The van der Waals surface area contributed by atoms with E-state index in [2.05, 4.69) is 20.5 Å². The molecule has 2 aromatic rings. The fourth-order valence-electron chi connectivity index (χ4n) is 4.40. The standard InChI is InChI=1S/C18H24N6O2/c19-16-12-9-21-23-15(12)13(10-20-16)22-17(25)18(26)24-8-4-3-7-14(24)11-5-1-2-6-11/h9-11,14H,1-8H2,(H2,19,20)(H,21,23)(H,22,25). The van der Waals surface area contributed by atoms with Crippen LogP contribution >= 0.6 is 0 Å². The van der Waals surface area contributed by atoms with Gasteiger partial charge in [0.15, 0.2) is 0 Å². The monoisotopic (exact) mass is 356 g/mol. The van der Waals surface area contributed by atoms with Crippen molar-refractivity contribution in [3.63, 3.8) is 0 Å². The molecule has 3 heterocycles. The van der Waals surface area contributed by atoms with Gasteiger partial charge in [0.05, 0.1) is 29.0 Å². The minimum Gasteiger partial charge on any atom is -0.383 e. The van der Waals surface area contributed by atoms with Crippen molar-refractivity contribution in [3.8, 4) is 0 Å². The van der Waals surface area contributed by atoms with Crippen molar-refractivity contribution in [2.75, 3.05) is 17.6 Å². The molecular formula is C18H24N6O2. The first-order valence-electron chi connectivity index (χ1n) is 9.34. The summed E-state index contributed by atoms with van der Waals surface area (Å²) in [6, 6.07) is 0.196. The Labute approximate surface area is 151 Å². The SMILES string of the molecule is Nc1ncc(NC(=O)C(=O)N2CCCCC2C2CCCC2)c2[nH]ncc12. The third-order valence-corrected chi connectivity index (χ3v) is 5.71. The van der Waals surface area contributed by atoms with E-state index in [9.17, 15) is 9.59 Å². The molecule has 2 amide bonds. The van der Waals surface area contributed by atoms with Crippen LogP contribution in [0.25, 0.3) is 10.9 Å². The van der Waals surface area contributed by atoms with Gasteiger partial charge in [0.25, 0.3) is 0 Å². The number of hydrogen-bond acceptors (Lipinski definition) is 5. The van der Waals surface area contributed by atoms with E-state index in [0.717, 1.165) is 32.1 Å². The molecule has 1 unspecified atom stereocenters. The molecule has 2 aliphatic rings. The van der Waals surface area contributed by atoms with Gasteiger partial charge in [-0.25, -0.2) is 4.98 Å². The lowest BCUT2D eigenvalue weighted by molar-refractivity contribution is -0.146. The molecule has 26 heavy (non-hydrogen) atoms. The van der Waals surface area contributed by atoms with E-state index in [1.165, 1.54) is 19.0 Å². The fraction of sp³-hybridized carbons (Fsp3) is 0.556. The predicted octanol–water partition coefficient (Wildman–Crippen LogP) is 2.05. The number of pyridine rings is 1. The molecule has 2 fully saturated rings. The number of carbonyl (C=O) groups is 2. The van der Waals surface area contributed by atoms with Crippen LogP contribution in [0.5, 0.6) is 0 Å². The number of rotatable bonds is 2. The summed E-state index contributed by atoms with van der Waals surface area (Å²) in [6.07, 6.45) is 10.9. The highest BCUT2D eigenvalue weighted by Gasteiger charge is 2.36. The molecule has 0 spiro atoms. The van der Waals surface area contributed by atoms with Gasteiger partial charge in [-0.05, 0) is 38.0 Å². The lowest BCUT2D eigenvalue weighted by atomic mass is 9.89. The predicted molar refractivity (Wildman–Crippen MR) is 98.2 cm³/mol. The Balaban J connectivity index is 1.52. The maximum absolute atomic E-state index is 12.9. The molecule has 1 saturated heterocycles. The molecule has 138 valence electrons. The largest absolute Gasteiger partial charge is 0.383 e. The number of likely N-dealkylation sites (tertiary alicyclic amines) is 1. The second kappa shape index (κ2) is 6.93. The highest BCUT2D eigenvalue weighted by molar-refractivity contribution is 6.40. The van der Waals surface area contributed by atoms with Gasteiger partial charge >= 0.3 is 11.8 Å². The molecule has 0 bridgehead atoms. The number of anilines is 2. The van der Waals surface area contributed by atoms with E-state index in [0.29, 0.717) is 34.9 Å². The number of aromatic nitrogens is 3. The van der Waals surface area contributed by atoms with Gasteiger partial charge in [0.1, 0.15) is 5.82 Å². The molecule has 1 saturated carbocycles. The first-order valence-corrected chi connectivity index (χ1v) is 9.34. The van der Waals surface area contributed by atoms with Crippen molar-refractivity contribution < 1.29 is 9.59 Å². The van der Waals surface area contributed by atoms with Gasteiger partial charge in [0, 0.05) is 12.6 Å². The molecule has 0 radical (unpaired) electrons. The minimum absolute atomic E-state index is 0.196. The summed E-state index contributed by atoms with van der Waals surface area (Å²) in [5.41, 5.74) is 6.80. The number of nitrogens with zero attached hydrogens (tertiary/aromatic N) is 3. The van der Waals surface area contributed by atoms with Crippen LogP contribution in [0.1, 0.15) is 44.9 Å². The smallest absolute Gasteiger partial charge is 0.314 e. The number of hydrogen-bond donors (Lipinski definition) is 3. The average Bonchev–Trinajstić information content (AvgIpc) is 3.35. The van der Waals surface area contributed by atoms with Crippen molar-refractivity contribution in [1.82, 2.24) is 20.1 Å². The Morgan fingerprint density at radius 3 is 2.73 bits per heavy atom. The van der Waals surface area contributed by atoms with Gasteiger partial charge < -0.3 is 16.0 Å². The number of nitrogens with two attached hydrogens (primary N) is 1. The number of nitrogen functional groups attached to an aromatic ring is 1. The number of carbonyl (C=O) groups excluding carboxylic acids is 2. The van der Waals surface area contributed by atoms with Crippen LogP contribution in [0.2, 0.25) is 0 Å². The average molecular weight is 356 g/mol. The zero-order valence-corrected chi connectivity index (χ0v) is 14.7. The lowest BCUT2D eigenvalue weighted by Crippen LogP contribution is -2.50. The number of nitrogens with one attached hydrogen (secondary N) is 2. The number of piperidine rings is 1. The van der Waals surface area contributed by atoms with E-state index in [4.69, 9.17) is 5.73 Å². The van der Waals surface area contributed by atoms with Crippen molar-refractivity contribution in [2.24, 2.45) is 5.92 Å². The Hall–Kier alpha value is -2.64. The summed E-state index contributed by atoms with van der Waals surface area (Å²) >= 11 is 0. The summed E-state index contributed by atoms with van der Waals surface area (Å²) in [7, 11) is 0. The topological polar surface area (TPSA) is 117 Å². The van der Waals surface area contributed by atoms with Gasteiger partial charge in [-0.2, -0.15) is 5.10 Å². The molecule has 8 nitrogen and oxygen atoms in total. The third-order valence-electron chi connectivity index (χ3n) is 5.71. The number of fused-ring (bicyclic) bond motifs is 1. The second-order valence-corrected chi connectivity index (χ2v) is 7.28. The van der Waals surface area contributed by atoms with E-state index >= 15 is 0 Å². The van der Waals surface area contributed by atoms with E-state index < -0.39 is 11.8 Å². The third kappa shape index (κ3) is 3.00. The van der Waals surface area contributed by atoms with E-state index in [-0.39, 0.29) is 6.04 Å². The molecule has 1 atom stereocenters. The maximum atomic E-state index is 12.9. The molecular weight excluding hydrogens is 332 g/mol. The Kier molecular flexibility index (Phi) is 4.48. The van der Waals surface area contributed by atoms with Gasteiger partial charge in [-0.1, -0.05) is 12.8 Å². The van der Waals surface area contributed by atoms with Crippen LogP contribution < -0.4 is 11.1 Å². The molecule has 4 N–H and O–H groups in total. The molecule has 1 aliphatic heterocycles. The molecule has 2 aromatic heterocycles. The fourth-order valence-corrected chi connectivity index (χ4v) is 4.40. The van der Waals surface area contributed by atoms with Crippen LogP contribution in [-0.4, -0.2) is 44.5 Å². The first kappa shape index (κ1) is 16.8. The van der Waals surface area contributed by atoms with Crippen molar-refractivity contribution in [1.29, 1.82) is 0 Å². The number of amides is 2. The summed E-state index contributed by atoms with van der Waals surface area (Å²) in [4.78, 5) is 31.3. The van der Waals surface area contributed by atoms with Crippen molar-refractivity contribution >= 4 is 34.2 Å². The van der Waals surface area contributed by atoms with Gasteiger partial charge in [-0.3, -0.25) is 14.7 Å². The molecule has 4 rings (SSSR count). The Morgan fingerprint density at radius 2 is 1.92 bits per heavy atom. The summed E-state index contributed by atoms with van der Waals surface area (Å²) in [6.45, 7) is 0.660. The molecule has 1 aliphatic carbocycles. The van der Waals surface area contributed by atoms with Crippen molar-refractivity contribution in [3.05, 3.63) is 12.4 Å². The highest BCUT2D eigenvalue weighted by Crippen LogP contribution is 2.35. The van der Waals surface area contributed by atoms with Crippen LogP contribution in [-0.2, 0) is 9.59 Å². The molecule has 8 heteroatoms. The van der Waals surface area contributed by atoms with E-state index in [1.54, 1.807) is 11.1 Å². The van der Waals surface area contributed by atoms with Crippen LogP contribution in [0, 0.1) is 5.92 Å². The maximum Gasteiger partial charge on any atom is 0.314 e. The Bertz CT molecular complexity index is 826. The summed E-state index contributed by atoms with van der Waals surface area (Å²) < 4.78 is 0. The van der Waals surface area contributed by atoms with Gasteiger partial charge in [-0.15, -0.1) is 0 Å². The zero-order valence-electron chi connectivity index (χ0n) is 14.7. The highest BCUT2D eigenvalue weighted by atomic mass is 16.2. The normalized spacial score (nSPS) is 21.2. The number of aromatic amines is 1. The zero-order chi connectivity index (χ0) is 18.1. The minimum atomic E-state index is -0.627. The van der Waals surface area contributed by atoms with Crippen LogP contribution in [0.4, 0.5) is 11.5 Å². The Morgan fingerprint density at radius 1 is 1.15 bits per heavy atom. The molecule has 0 aromatic carbocycles. The van der Waals surface area contributed by atoms with Crippen LogP contribution in [0.15, 0.2) is 12.4 Å². The number of H-pyrrole nitrogens is 1. The van der Waals surface area contributed by atoms with Crippen molar-refractivity contribution in [2.45, 2.75) is 51.0 Å². The van der Waals surface area contributed by atoms with Gasteiger partial charge in [0.2, 0.25) is 0 Å². The summed E-state index contributed by atoms with van der Waals surface area (Å²) in [5.74, 6) is -0.219.